The molecular weight excluding hydrogens is 400 g/mol. The van der Waals surface area contributed by atoms with Crippen LogP contribution in [0.15, 0.2) is 53.3 Å². The second kappa shape index (κ2) is 9.80. The minimum Gasteiger partial charge on any atom is -0.497 e. The van der Waals surface area contributed by atoms with Crippen LogP contribution in [0.3, 0.4) is 0 Å². The van der Waals surface area contributed by atoms with E-state index in [2.05, 4.69) is 5.32 Å². The Bertz CT molecular complexity index is 1150. The van der Waals surface area contributed by atoms with E-state index in [9.17, 15) is 19.5 Å². The average molecular weight is 424 g/mol. The van der Waals surface area contributed by atoms with Gasteiger partial charge >= 0.3 is 11.9 Å². The number of methoxy groups -OCH3 is 1. The van der Waals surface area contributed by atoms with Gasteiger partial charge < -0.3 is 24.5 Å². The molecule has 0 radical (unpaired) electrons. The normalized spacial score (nSPS) is 10.6. The zero-order valence-electron chi connectivity index (χ0n) is 17.4. The molecule has 1 aromatic heterocycles. The van der Waals surface area contributed by atoms with Gasteiger partial charge in [-0.05, 0) is 30.7 Å². The fourth-order valence-corrected chi connectivity index (χ4v) is 3.38. The highest BCUT2D eigenvalue weighted by Crippen LogP contribution is 2.26. The van der Waals surface area contributed by atoms with Gasteiger partial charge in [-0.1, -0.05) is 30.3 Å². The summed E-state index contributed by atoms with van der Waals surface area (Å²) >= 11 is 0. The second-order valence-electron chi connectivity index (χ2n) is 6.79. The number of rotatable bonds is 9. The molecule has 1 heterocycles. The number of carboxylic acid groups (broad SMARTS) is 1. The maximum absolute atomic E-state index is 13.2. The molecule has 0 bridgehead atoms. The summed E-state index contributed by atoms with van der Waals surface area (Å²) in [6.45, 7) is 2.32. The first-order valence-corrected chi connectivity index (χ1v) is 9.87. The van der Waals surface area contributed by atoms with Crippen LogP contribution in [-0.2, 0) is 16.1 Å². The summed E-state index contributed by atoms with van der Waals surface area (Å²) in [6.07, 6.45) is 0.0517. The topological polar surface area (TPSA) is 107 Å². The van der Waals surface area contributed by atoms with Gasteiger partial charge in [-0.25, -0.2) is 4.79 Å². The van der Waals surface area contributed by atoms with E-state index in [1.807, 2.05) is 12.1 Å². The Kier molecular flexibility index (Phi) is 6.92. The molecule has 0 saturated carbocycles. The number of ether oxygens (including phenoxy) is 2. The molecule has 0 saturated heterocycles. The maximum Gasteiger partial charge on any atom is 0.343 e. The van der Waals surface area contributed by atoms with E-state index < -0.39 is 17.5 Å². The van der Waals surface area contributed by atoms with E-state index in [0.29, 0.717) is 16.7 Å². The second-order valence-corrected chi connectivity index (χ2v) is 6.79. The third-order valence-corrected chi connectivity index (χ3v) is 4.82. The van der Waals surface area contributed by atoms with Crippen molar-refractivity contribution in [3.8, 4) is 5.75 Å². The fraction of sp³-hybridized carbons (Fsp3) is 0.261. The van der Waals surface area contributed by atoms with Crippen molar-refractivity contribution in [1.29, 1.82) is 0 Å². The number of esters is 1. The summed E-state index contributed by atoms with van der Waals surface area (Å²) in [7, 11) is 1.57. The van der Waals surface area contributed by atoms with E-state index in [1.165, 1.54) is 4.57 Å². The Morgan fingerprint density at radius 1 is 1.10 bits per heavy atom. The summed E-state index contributed by atoms with van der Waals surface area (Å²) in [5.41, 5.74) is 0.625. The molecule has 0 fully saturated rings. The van der Waals surface area contributed by atoms with Crippen LogP contribution >= 0.6 is 0 Å². The molecule has 3 rings (SSSR count). The highest BCUT2D eigenvalue weighted by Gasteiger charge is 2.22. The molecule has 2 aromatic carbocycles. The fourth-order valence-electron chi connectivity index (χ4n) is 3.38. The number of aromatic nitrogens is 1. The molecule has 8 nitrogen and oxygen atoms in total. The number of para-hydroxylation sites is 1. The van der Waals surface area contributed by atoms with Gasteiger partial charge in [-0.2, -0.15) is 0 Å². The summed E-state index contributed by atoms with van der Waals surface area (Å²) in [5, 5.41) is 13.3. The largest absolute Gasteiger partial charge is 0.497 e. The van der Waals surface area contributed by atoms with E-state index in [1.54, 1.807) is 50.4 Å². The first-order chi connectivity index (χ1) is 15.0. The Hall–Kier alpha value is -3.81. The zero-order valence-corrected chi connectivity index (χ0v) is 17.4. The third kappa shape index (κ3) is 4.85. The van der Waals surface area contributed by atoms with Gasteiger partial charge in [0.2, 0.25) is 0 Å². The van der Waals surface area contributed by atoms with Gasteiger partial charge in [0.05, 0.1) is 37.9 Å². The van der Waals surface area contributed by atoms with E-state index in [0.717, 1.165) is 5.56 Å². The van der Waals surface area contributed by atoms with Gasteiger partial charge in [0.15, 0.2) is 0 Å². The highest BCUT2D eigenvalue weighted by atomic mass is 16.5. The summed E-state index contributed by atoms with van der Waals surface area (Å²) in [4.78, 5) is 36.8. The van der Waals surface area contributed by atoms with Crippen LogP contribution < -0.4 is 15.6 Å². The van der Waals surface area contributed by atoms with Crippen molar-refractivity contribution in [3.05, 3.63) is 70.0 Å². The summed E-state index contributed by atoms with van der Waals surface area (Å²) in [5.74, 6) is -1.05. The quantitative estimate of drug-likeness (QED) is 0.508. The molecule has 31 heavy (non-hydrogen) atoms. The number of pyridine rings is 1. The molecule has 0 amide bonds. The molecule has 0 spiro atoms. The number of fused-ring (bicyclic) bond motifs is 1. The number of nitrogens with one attached hydrogen (secondary N) is 1. The number of anilines is 1. The van der Waals surface area contributed by atoms with E-state index in [4.69, 9.17) is 9.47 Å². The van der Waals surface area contributed by atoms with E-state index >= 15 is 0 Å². The number of nitrogens with zero attached hydrogens (tertiary/aromatic N) is 1. The third-order valence-electron chi connectivity index (χ3n) is 4.82. The van der Waals surface area contributed by atoms with Crippen LogP contribution in [0.4, 0.5) is 5.69 Å². The van der Waals surface area contributed by atoms with Crippen molar-refractivity contribution in [3.63, 3.8) is 0 Å². The number of aromatic carboxylic acids is 1. The van der Waals surface area contributed by atoms with Crippen molar-refractivity contribution in [2.24, 2.45) is 0 Å². The Morgan fingerprint density at radius 3 is 2.45 bits per heavy atom. The van der Waals surface area contributed by atoms with Crippen molar-refractivity contribution in [1.82, 2.24) is 4.57 Å². The molecule has 0 aliphatic rings. The average Bonchev–Trinajstić information content (AvgIpc) is 2.76. The molecule has 0 aliphatic heterocycles. The molecule has 162 valence electrons. The first kappa shape index (κ1) is 21.9. The minimum absolute atomic E-state index is 0.0517. The molecule has 8 heteroatoms. The molecule has 0 unspecified atom stereocenters. The van der Waals surface area contributed by atoms with Gasteiger partial charge in [-0.15, -0.1) is 0 Å². The van der Waals surface area contributed by atoms with Gasteiger partial charge in [0.1, 0.15) is 11.3 Å². The number of carboxylic acids is 1. The lowest BCUT2D eigenvalue weighted by Crippen LogP contribution is -2.29. The van der Waals surface area contributed by atoms with Crippen molar-refractivity contribution < 1.29 is 24.2 Å². The summed E-state index contributed by atoms with van der Waals surface area (Å²) < 4.78 is 11.5. The molecule has 0 aliphatic carbocycles. The first-order valence-electron chi connectivity index (χ1n) is 9.87. The lowest BCUT2D eigenvalue weighted by molar-refractivity contribution is -0.142. The molecular formula is C23H24N2O6. The predicted octanol–water partition coefficient (Wildman–Crippen LogP) is 3.12. The molecule has 0 atom stereocenters. The Labute approximate surface area is 179 Å². The lowest BCUT2D eigenvalue weighted by atomic mass is 10.1. The molecule has 3 aromatic rings. The van der Waals surface area contributed by atoms with Crippen molar-refractivity contribution in [2.45, 2.75) is 19.9 Å². The molecule has 2 N–H and O–H groups in total. The number of hydrogen-bond acceptors (Lipinski definition) is 6. The van der Waals surface area contributed by atoms with Gasteiger partial charge in [-0.3, -0.25) is 9.59 Å². The number of benzene rings is 2. The Balaban J connectivity index is 2.06. The SMILES string of the molecule is CCOC(=O)CCNc1c(C(=O)O)c(=O)n(Cc2ccc(OC)cc2)c2ccccc12. The monoisotopic (exact) mass is 424 g/mol. The van der Waals surface area contributed by atoms with E-state index in [-0.39, 0.29) is 37.4 Å². The van der Waals surface area contributed by atoms with Crippen LogP contribution in [0.2, 0.25) is 0 Å². The van der Waals surface area contributed by atoms with Crippen LogP contribution in [0.5, 0.6) is 5.75 Å². The van der Waals surface area contributed by atoms with Crippen molar-refractivity contribution in [2.75, 3.05) is 25.6 Å². The Morgan fingerprint density at radius 2 is 1.81 bits per heavy atom. The van der Waals surface area contributed by atoms with Gasteiger partial charge in [0.25, 0.3) is 5.56 Å². The maximum atomic E-state index is 13.2. The van der Waals surface area contributed by atoms with Crippen LogP contribution in [0, 0.1) is 0 Å². The summed E-state index contributed by atoms with van der Waals surface area (Å²) in [6, 6.07) is 14.3. The van der Waals surface area contributed by atoms with Crippen LogP contribution in [0.25, 0.3) is 10.9 Å². The van der Waals surface area contributed by atoms with Crippen molar-refractivity contribution >= 4 is 28.5 Å². The highest BCUT2D eigenvalue weighted by molar-refractivity contribution is 6.04. The van der Waals surface area contributed by atoms with Crippen LogP contribution in [0.1, 0.15) is 29.3 Å². The minimum atomic E-state index is -1.34. The van der Waals surface area contributed by atoms with Gasteiger partial charge in [0, 0.05) is 11.9 Å². The predicted molar refractivity (Wildman–Crippen MR) is 117 cm³/mol. The smallest absolute Gasteiger partial charge is 0.343 e. The lowest BCUT2D eigenvalue weighted by Gasteiger charge is -2.17. The number of carbonyl (C=O) groups excluding carboxylic acids is 1. The number of carbonyl (C=O) groups is 2. The van der Waals surface area contributed by atoms with Crippen LogP contribution in [-0.4, -0.2) is 41.9 Å². The number of hydrogen-bond donors (Lipinski definition) is 2. The zero-order chi connectivity index (χ0) is 22.4. The standard InChI is InChI=1S/C23H24N2O6/c1-3-31-19(26)12-13-24-21-17-6-4-5-7-18(17)25(22(27)20(21)23(28)29)14-15-8-10-16(30-2)11-9-15/h4-11,24H,3,12-14H2,1-2H3,(H,28,29).